The summed E-state index contributed by atoms with van der Waals surface area (Å²) in [4.78, 5) is 27.1. The number of halogens is 1. The number of hydrogen-bond acceptors (Lipinski definition) is 5. The van der Waals surface area contributed by atoms with Gasteiger partial charge in [-0.25, -0.2) is 0 Å². The molecule has 0 unspecified atom stereocenters. The lowest BCUT2D eigenvalue weighted by Gasteiger charge is -2.34. The molecule has 0 radical (unpaired) electrons. The summed E-state index contributed by atoms with van der Waals surface area (Å²) in [7, 11) is 0. The smallest absolute Gasteiger partial charge is 0.309 e. The van der Waals surface area contributed by atoms with Gasteiger partial charge in [0.25, 0.3) is 6.04 Å². The number of benzene rings is 2. The number of carbonyl (C=O) groups is 1. The third kappa shape index (κ3) is 3.53. The third-order valence-corrected chi connectivity index (χ3v) is 5.42. The molecule has 1 aliphatic rings. The van der Waals surface area contributed by atoms with Gasteiger partial charge in [0.2, 0.25) is 0 Å². The second-order valence-corrected chi connectivity index (χ2v) is 7.33. The first-order valence-corrected chi connectivity index (χ1v) is 9.68. The van der Waals surface area contributed by atoms with Gasteiger partial charge in [-0.2, -0.15) is 0 Å². The quantitative estimate of drug-likeness (QED) is 0.381. The van der Waals surface area contributed by atoms with Gasteiger partial charge in [0, 0.05) is 32.6 Å². The van der Waals surface area contributed by atoms with E-state index < -0.39 is 24.0 Å². The topological polar surface area (TPSA) is 94.5 Å². The summed E-state index contributed by atoms with van der Waals surface area (Å²) in [5.74, 6) is -0.604. The van der Waals surface area contributed by atoms with Crippen molar-refractivity contribution in [3.05, 3.63) is 74.9 Å². The fourth-order valence-corrected chi connectivity index (χ4v) is 4.18. The number of H-pyrrole nitrogens is 1. The first-order chi connectivity index (χ1) is 14.0. The van der Waals surface area contributed by atoms with E-state index in [0.717, 1.165) is 16.5 Å². The Morgan fingerprint density at radius 2 is 2.07 bits per heavy atom. The molecule has 3 aromatic rings. The van der Waals surface area contributed by atoms with Crippen molar-refractivity contribution < 1.29 is 19.2 Å². The Kier molecular flexibility index (Phi) is 5.15. The van der Waals surface area contributed by atoms with Crippen LogP contribution in [0.2, 0.25) is 5.02 Å². The summed E-state index contributed by atoms with van der Waals surface area (Å²) >= 11 is 6.18. The van der Waals surface area contributed by atoms with Crippen LogP contribution in [0.3, 0.4) is 0 Å². The van der Waals surface area contributed by atoms with Gasteiger partial charge in [-0.15, -0.1) is 0 Å². The van der Waals surface area contributed by atoms with Crippen LogP contribution in [0.25, 0.3) is 10.9 Å². The third-order valence-electron chi connectivity index (χ3n) is 5.18. The molecule has 0 bridgehead atoms. The number of para-hydroxylation sites is 1. The molecule has 1 N–H and O–H groups in total. The number of nitrogens with zero attached hydrogens (tertiary/aromatic N) is 1. The van der Waals surface area contributed by atoms with Crippen molar-refractivity contribution in [3.63, 3.8) is 0 Å². The molecule has 2 aromatic carbocycles. The van der Waals surface area contributed by atoms with E-state index >= 15 is 0 Å². The second-order valence-electron chi connectivity index (χ2n) is 6.89. The first-order valence-electron chi connectivity index (χ1n) is 9.30. The molecule has 0 fully saturated rings. The maximum atomic E-state index is 12.2. The zero-order valence-corrected chi connectivity index (χ0v) is 16.4. The Morgan fingerprint density at radius 1 is 1.28 bits per heavy atom. The molecule has 0 amide bonds. The predicted molar refractivity (Wildman–Crippen MR) is 108 cm³/mol. The summed E-state index contributed by atoms with van der Waals surface area (Å²) in [6.45, 7) is 1.90. The standard InChI is InChI=1S/C21H19ClN2O5/c1-2-28-19(25)10-18-21(24(26)27)20(13-5-3-4-6-17(13)29-18)15-11-23-16-8-7-12(22)9-14(15)16/h3-9,11,18,20-21,23H,2,10H2,1H3/t18-,20+,21-/m0/s1. The fraction of sp³-hybridized carbons (Fsp3) is 0.286. The van der Waals surface area contributed by atoms with E-state index in [9.17, 15) is 14.9 Å². The molecule has 7 nitrogen and oxygen atoms in total. The van der Waals surface area contributed by atoms with Gasteiger partial charge < -0.3 is 14.5 Å². The normalized spacial score (nSPS) is 20.7. The minimum Gasteiger partial charge on any atom is -0.482 e. The maximum absolute atomic E-state index is 12.2. The summed E-state index contributed by atoms with van der Waals surface area (Å²) < 4.78 is 10.9. The van der Waals surface area contributed by atoms with Crippen LogP contribution in [0.5, 0.6) is 5.75 Å². The minimum atomic E-state index is -1.16. The minimum absolute atomic E-state index is 0.201. The molecule has 2 heterocycles. The fourth-order valence-electron chi connectivity index (χ4n) is 4.00. The van der Waals surface area contributed by atoms with Crippen molar-refractivity contribution in [1.82, 2.24) is 4.98 Å². The number of esters is 1. The van der Waals surface area contributed by atoms with E-state index in [0.29, 0.717) is 16.3 Å². The van der Waals surface area contributed by atoms with Gasteiger partial charge in [-0.1, -0.05) is 29.8 Å². The van der Waals surface area contributed by atoms with Gasteiger partial charge in [0.05, 0.1) is 18.9 Å². The van der Waals surface area contributed by atoms with E-state index in [-0.39, 0.29) is 18.0 Å². The zero-order chi connectivity index (χ0) is 20.5. The van der Waals surface area contributed by atoms with Crippen molar-refractivity contribution in [1.29, 1.82) is 0 Å². The number of ether oxygens (including phenoxy) is 2. The Bertz CT molecular complexity index is 1080. The highest BCUT2D eigenvalue weighted by Crippen LogP contribution is 2.44. The van der Waals surface area contributed by atoms with Crippen molar-refractivity contribution in [2.75, 3.05) is 6.61 Å². The highest BCUT2D eigenvalue weighted by atomic mass is 35.5. The van der Waals surface area contributed by atoms with Gasteiger partial charge in [-0.05, 0) is 36.8 Å². The number of nitrogens with one attached hydrogen (secondary N) is 1. The zero-order valence-electron chi connectivity index (χ0n) is 15.6. The molecular formula is C21H19ClN2O5. The van der Waals surface area contributed by atoms with Gasteiger partial charge in [0.15, 0.2) is 6.10 Å². The molecule has 150 valence electrons. The summed E-state index contributed by atoms with van der Waals surface area (Å²) in [6.07, 6.45) is 0.618. The number of aromatic amines is 1. The van der Waals surface area contributed by atoms with Crippen molar-refractivity contribution in [2.24, 2.45) is 0 Å². The molecule has 0 saturated carbocycles. The average Bonchev–Trinajstić information content (AvgIpc) is 3.09. The van der Waals surface area contributed by atoms with Crippen LogP contribution in [0.15, 0.2) is 48.7 Å². The molecule has 0 spiro atoms. The van der Waals surface area contributed by atoms with Crippen LogP contribution in [-0.4, -0.2) is 34.6 Å². The highest BCUT2D eigenvalue weighted by Gasteiger charge is 2.49. The van der Waals surface area contributed by atoms with Crippen molar-refractivity contribution in [3.8, 4) is 5.75 Å². The molecule has 8 heteroatoms. The number of rotatable bonds is 5. The number of aromatic nitrogens is 1. The molecule has 1 aliphatic heterocycles. The first kappa shape index (κ1) is 19.3. The van der Waals surface area contributed by atoms with Crippen LogP contribution in [0, 0.1) is 10.1 Å². The Hall–Kier alpha value is -3.06. The molecular weight excluding hydrogens is 396 g/mol. The van der Waals surface area contributed by atoms with E-state index in [1.54, 1.807) is 37.4 Å². The number of nitro groups is 1. The molecule has 0 saturated heterocycles. The maximum Gasteiger partial charge on any atom is 0.309 e. The monoisotopic (exact) mass is 414 g/mol. The summed E-state index contributed by atoms with van der Waals surface area (Å²) in [5, 5.41) is 13.5. The molecule has 1 aromatic heterocycles. The van der Waals surface area contributed by atoms with Crippen LogP contribution in [-0.2, 0) is 9.53 Å². The molecule has 29 heavy (non-hydrogen) atoms. The predicted octanol–water partition coefficient (Wildman–Crippen LogP) is 4.31. The van der Waals surface area contributed by atoms with E-state index in [1.165, 1.54) is 0 Å². The van der Waals surface area contributed by atoms with Gasteiger partial charge in [-0.3, -0.25) is 14.9 Å². The van der Waals surface area contributed by atoms with E-state index in [2.05, 4.69) is 4.98 Å². The lowest BCUT2D eigenvalue weighted by molar-refractivity contribution is -0.537. The molecule has 3 atom stereocenters. The Labute approximate surface area is 171 Å². The number of hydrogen-bond donors (Lipinski definition) is 1. The van der Waals surface area contributed by atoms with Gasteiger partial charge >= 0.3 is 5.97 Å². The average molecular weight is 415 g/mol. The van der Waals surface area contributed by atoms with Crippen LogP contribution in [0.4, 0.5) is 0 Å². The lowest BCUT2D eigenvalue weighted by atomic mass is 9.79. The molecule has 0 aliphatic carbocycles. The van der Waals surface area contributed by atoms with Crippen molar-refractivity contribution >= 4 is 28.5 Å². The largest absolute Gasteiger partial charge is 0.482 e. The summed E-state index contributed by atoms with van der Waals surface area (Å²) in [6, 6.07) is 11.4. The van der Waals surface area contributed by atoms with E-state index in [4.69, 9.17) is 21.1 Å². The van der Waals surface area contributed by atoms with Crippen LogP contribution >= 0.6 is 11.6 Å². The van der Waals surface area contributed by atoms with Gasteiger partial charge in [0.1, 0.15) is 5.75 Å². The molecule has 4 rings (SSSR count). The lowest BCUT2D eigenvalue weighted by Crippen LogP contribution is -2.47. The van der Waals surface area contributed by atoms with Crippen molar-refractivity contribution in [2.45, 2.75) is 31.4 Å². The number of carbonyl (C=O) groups excluding carboxylic acids is 1. The van der Waals surface area contributed by atoms with E-state index in [1.807, 2.05) is 18.2 Å². The second kappa shape index (κ2) is 7.75. The van der Waals surface area contributed by atoms with Crippen LogP contribution < -0.4 is 4.74 Å². The Morgan fingerprint density at radius 3 is 2.83 bits per heavy atom. The summed E-state index contributed by atoms with van der Waals surface area (Å²) in [5.41, 5.74) is 2.28. The SMILES string of the molecule is CCOC(=O)C[C@@H]1Oc2ccccc2[C@H](c2c[nH]c3ccc(Cl)cc23)[C@H]1[N+](=O)[O-]. The highest BCUT2D eigenvalue weighted by molar-refractivity contribution is 6.31. The Balaban J connectivity index is 1.87. The van der Waals surface area contributed by atoms with Crippen LogP contribution in [0.1, 0.15) is 30.4 Å². The number of fused-ring (bicyclic) bond motifs is 2.